The first-order chi connectivity index (χ1) is 16.3. The second-order valence-electron chi connectivity index (χ2n) is 8.90. The zero-order valence-electron chi connectivity index (χ0n) is 19.8. The van der Waals surface area contributed by atoms with Gasteiger partial charge in [0.15, 0.2) is 0 Å². The highest BCUT2D eigenvalue weighted by Crippen LogP contribution is 2.29. The quantitative estimate of drug-likeness (QED) is 0.769. The van der Waals surface area contributed by atoms with Gasteiger partial charge in [-0.25, -0.2) is 4.98 Å². The normalized spacial score (nSPS) is 18.3. The molecule has 33 heavy (non-hydrogen) atoms. The molecule has 1 N–H and O–H groups in total. The number of carbonyl (C=O) groups is 1. The van der Waals surface area contributed by atoms with Crippen molar-refractivity contribution in [3.63, 3.8) is 0 Å². The summed E-state index contributed by atoms with van der Waals surface area (Å²) in [4.78, 5) is 24.1. The highest BCUT2D eigenvalue weighted by atomic mass is 16.5. The van der Waals surface area contributed by atoms with Crippen molar-refractivity contribution in [2.75, 3.05) is 67.7 Å². The Kier molecular flexibility index (Phi) is 8.55. The van der Waals surface area contributed by atoms with E-state index in [2.05, 4.69) is 44.4 Å². The molecule has 7 heteroatoms. The molecule has 1 saturated heterocycles. The van der Waals surface area contributed by atoms with E-state index in [4.69, 9.17) is 4.74 Å². The molecule has 2 aliphatic rings. The lowest BCUT2D eigenvalue weighted by Gasteiger charge is -2.37. The number of rotatable bonds is 4. The topological polar surface area (TPSA) is 60.9 Å². The zero-order valence-corrected chi connectivity index (χ0v) is 19.8. The second kappa shape index (κ2) is 12.0. The summed E-state index contributed by atoms with van der Waals surface area (Å²) in [6.45, 7) is 6.45. The van der Waals surface area contributed by atoms with Crippen LogP contribution >= 0.6 is 0 Å². The lowest BCUT2D eigenvalue weighted by Crippen LogP contribution is -2.46. The van der Waals surface area contributed by atoms with E-state index in [1.54, 1.807) is 7.11 Å². The van der Waals surface area contributed by atoms with Gasteiger partial charge >= 0.3 is 0 Å². The molecule has 2 aliphatic heterocycles. The second-order valence-corrected chi connectivity index (χ2v) is 8.90. The summed E-state index contributed by atoms with van der Waals surface area (Å²) in [7, 11) is 1.59. The molecular formula is C26H37N5O2. The number of hydrogen-bond acceptors (Lipinski definition) is 6. The van der Waals surface area contributed by atoms with Crippen LogP contribution in [0.25, 0.3) is 0 Å². The molecule has 0 aliphatic carbocycles. The Bertz CT molecular complexity index is 884. The number of methoxy groups -OCH3 is 1. The molecule has 1 amide bonds. The first kappa shape index (κ1) is 23.5. The van der Waals surface area contributed by atoms with Gasteiger partial charge in [0.25, 0.3) is 5.91 Å². The Morgan fingerprint density at radius 1 is 0.970 bits per heavy atom. The minimum atomic E-state index is 0.0348. The molecule has 1 aromatic heterocycles. The highest BCUT2D eigenvalue weighted by molar-refractivity contribution is 5.95. The number of amides is 1. The number of hydrogen-bond donors (Lipinski definition) is 1. The van der Waals surface area contributed by atoms with E-state index in [1.807, 2.05) is 23.2 Å². The lowest BCUT2D eigenvalue weighted by molar-refractivity contribution is -0.122. The Morgan fingerprint density at radius 2 is 1.76 bits per heavy atom. The summed E-state index contributed by atoms with van der Waals surface area (Å²) < 4.78 is 5.19. The van der Waals surface area contributed by atoms with E-state index >= 15 is 0 Å². The van der Waals surface area contributed by atoms with Gasteiger partial charge in [-0.15, -0.1) is 0 Å². The first-order valence-electron chi connectivity index (χ1n) is 12.3. The van der Waals surface area contributed by atoms with Crippen LogP contribution in [0.5, 0.6) is 0 Å². The van der Waals surface area contributed by atoms with Gasteiger partial charge in [0.05, 0.1) is 0 Å². The van der Waals surface area contributed by atoms with Crippen molar-refractivity contribution in [2.24, 2.45) is 0 Å². The molecule has 7 nitrogen and oxygen atoms in total. The number of ether oxygens (including phenoxy) is 1. The maximum atomic E-state index is 12.9. The van der Waals surface area contributed by atoms with Crippen molar-refractivity contribution in [1.82, 2.24) is 10.3 Å². The number of piperazine rings is 1. The summed E-state index contributed by atoms with van der Waals surface area (Å²) in [6, 6.07) is 12.7. The number of anilines is 3. The number of nitrogens with one attached hydrogen (secondary N) is 1. The maximum Gasteiger partial charge on any atom is 0.252 e. The third-order valence-corrected chi connectivity index (χ3v) is 6.59. The van der Waals surface area contributed by atoms with E-state index in [-0.39, 0.29) is 12.5 Å². The number of fused-ring (bicyclic) bond motifs is 1. The van der Waals surface area contributed by atoms with E-state index in [1.165, 1.54) is 30.5 Å². The van der Waals surface area contributed by atoms with Crippen molar-refractivity contribution in [1.29, 1.82) is 0 Å². The molecule has 178 valence electrons. The third-order valence-electron chi connectivity index (χ3n) is 6.59. The van der Waals surface area contributed by atoms with Gasteiger partial charge in [0.1, 0.15) is 12.4 Å². The summed E-state index contributed by atoms with van der Waals surface area (Å²) in [5.41, 5.74) is 3.42. The number of nitrogens with zero attached hydrogens (tertiary/aromatic N) is 4. The van der Waals surface area contributed by atoms with E-state index in [0.29, 0.717) is 0 Å². The van der Waals surface area contributed by atoms with E-state index < -0.39 is 0 Å². The van der Waals surface area contributed by atoms with E-state index in [0.717, 1.165) is 70.2 Å². The van der Waals surface area contributed by atoms with Crippen molar-refractivity contribution < 1.29 is 9.53 Å². The minimum Gasteiger partial charge on any atom is -0.375 e. The van der Waals surface area contributed by atoms with E-state index in [9.17, 15) is 4.79 Å². The molecule has 0 spiro atoms. The molecule has 3 heterocycles. The summed E-state index contributed by atoms with van der Waals surface area (Å²) >= 11 is 0. The van der Waals surface area contributed by atoms with Crippen LogP contribution in [0.15, 0.2) is 42.6 Å². The van der Waals surface area contributed by atoms with Gasteiger partial charge in [-0.3, -0.25) is 4.79 Å². The van der Waals surface area contributed by atoms with Gasteiger partial charge < -0.3 is 24.8 Å². The summed E-state index contributed by atoms with van der Waals surface area (Å²) in [6.07, 6.45) is 7.72. The third kappa shape index (κ3) is 6.24. The Labute approximate surface area is 197 Å². The average molecular weight is 452 g/mol. The van der Waals surface area contributed by atoms with Crippen LogP contribution in [0.1, 0.15) is 37.7 Å². The molecule has 1 aromatic carbocycles. The molecule has 2 aromatic rings. The van der Waals surface area contributed by atoms with Crippen molar-refractivity contribution in [3.05, 3.63) is 48.2 Å². The van der Waals surface area contributed by atoms with Gasteiger partial charge in [-0.1, -0.05) is 25.3 Å². The largest absolute Gasteiger partial charge is 0.375 e. The van der Waals surface area contributed by atoms with Crippen LogP contribution in [-0.2, 0) is 16.1 Å². The fourth-order valence-electron chi connectivity index (χ4n) is 4.76. The summed E-state index contributed by atoms with van der Waals surface area (Å²) in [5, 5.41) is 3.61. The molecule has 0 unspecified atom stereocenters. The number of benzene rings is 1. The maximum absolute atomic E-state index is 12.9. The Hall–Kier alpha value is -2.64. The fourth-order valence-corrected chi connectivity index (χ4v) is 4.76. The first-order valence-corrected chi connectivity index (χ1v) is 12.3. The molecule has 1 fully saturated rings. The van der Waals surface area contributed by atoms with Gasteiger partial charge in [-0.05, 0) is 55.3 Å². The average Bonchev–Trinajstić information content (AvgIpc) is 2.85. The molecule has 0 atom stereocenters. The van der Waals surface area contributed by atoms with Crippen LogP contribution in [0.3, 0.4) is 0 Å². The smallest absolute Gasteiger partial charge is 0.252 e. The molecular weight excluding hydrogens is 414 g/mol. The zero-order chi connectivity index (χ0) is 22.9. The number of carbonyl (C=O) groups excluding carboxylic acids is 1. The minimum absolute atomic E-state index is 0.0348. The molecule has 0 radical (unpaired) electrons. The SMILES string of the molecule is COCC(=O)N1CCCCCCCNCc2cc(N3CCN(c4ccccn4)CC3)ccc21. The predicted octanol–water partition coefficient (Wildman–Crippen LogP) is 3.44. The highest BCUT2D eigenvalue weighted by Gasteiger charge is 2.22. The van der Waals surface area contributed by atoms with Crippen LogP contribution in [0.2, 0.25) is 0 Å². The Morgan fingerprint density at radius 3 is 2.55 bits per heavy atom. The van der Waals surface area contributed by atoms with Gasteiger partial charge in [0, 0.05) is 63.9 Å². The van der Waals surface area contributed by atoms with Gasteiger partial charge in [-0.2, -0.15) is 0 Å². The molecule has 4 rings (SSSR count). The number of pyridine rings is 1. The van der Waals surface area contributed by atoms with Crippen LogP contribution in [-0.4, -0.2) is 63.9 Å². The van der Waals surface area contributed by atoms with Crippen LogP contribution in [0, 0.1) is 0 Å². The molecule has 0 bridgehead atoms. The Balaban J connectivity index is 1.52. The predicted molar refractivity (Wildman–Crippen MR) is 134 cm³/mol. The lowest BCUT2D eigenvalue weighted by atomic mass is 10.1. The van der Waals surface area contributed by atoms with Crippen molar-refractivity contribution in [2.45, 2.75) is 38.6 Å². The monoisotopic (exact) mass is 451 g/mol. The standard InChI is InChI=1S/C26H37N5O2/c1-33-21-26(32)31-14-8-4-2-3-6-12-27-20-22-19-23(10-11-24(22)31)29-15-17-30(18-16-29)25-9-5-7-13-28-25/h5,7,9-11,13,19,27H,2-4,6,8,12,14-18,20-21H2,1H3. The number of aromatic nitrogens is 1. The van der Waals surface area contributed by atoms with Crippen LogP contribution in [0.4, 0.5) is 17.2 Å². The summed E-state index contributed by atoms with van der Waals surface area (Å²) in [5.74, 6) is 1.08. The van der Waals surface area contributed by atoms with Crippen LogP contribution < -0.4 is 20.0 Å². The van der Waals surface area contributed by atoms with Gasteiger partial charge in [0.2, 0.25) is 0 Å². The molecule has 0 saturated carbocycles. The fraction of sp³-hybridized carbons (Fsp3) is 0.538. The van der Waals surface area contributed by atoms with Crippen molar-refractivity contribution >= 4 is 23.1 Å². The van der Waals surface area contributed by atoms with Crippen molar-refractivity contribution in [3.8, 4) is 0 Å².